The molecule has 33 heavy (non-hydrogen) atoms. The molecule has 0 saturated heterocycles. The van der Waals surface area contributed by atoms with Crippen LogP contribution in [0.2, 0.25) is 0 Å². The van der Waals surface area contributed by atoms with Gasteiger partial charge in [0, 0.05) is 6.54 Å². The Balaban J connectivity index is 0.000000582. The van der Waals surface area contributed by atoms with Crippen LogP contribution in [-0.2, 0) is 24.4 Å². The number of nitrogens with zero attached hydrogens (tertiary/aromatic N) is 1. The Morgan fingerprint density at radius 3 is 1.61 bits per heavy atom. The van der Waals surface area contributed by atoms with Crippen LogP contribution in [0.25, 0.3) is 0 Å². The first-order valence-electron chi connectivity index (χ1n) is 8.85. The van der Waals surface area contributed by atoms with Crippen molar-refractivity contribution in [1.29, 1.82) is 0 Å². The number of imide groups is 1. The fourth-order valence-electron chi connectivity index (χ4n) is 2.40. The number of fused-ring (bicyclic) bond motifs is 1. The molecule has 0 aromatic heterocycles. The van der Waals surface area contributed by atoms with Crippen molar-refractivity contribution in [1.82, 2.24) is 4.90 Å². The average Bonchev–Trinajstić information content (AvgIpc) is 2.90. The van der Waals surface area contributed by atoms with Gasteiger partial charge in [-0.25, -0.2) is 0 Å². The molecule has 1 aromatic rings. The molecule has 0 aliphatic carbocycles. The summed E-state index contributed by atoms with van der Waals surface area (Å²) in [5.41, 5.74) is -10.2. The molecular formula is C16H17F6NO8S2. The highest BCUT2D eigenvalue weighted by atomic mass is 32.2. The maximum absolute atomic E-state index is 12.1. The number of benzene rings is 1. The van der Waals surface area contributed by atoms with Crippen molar-refractivity contribution in [3.8, 4) is 0 Å². The second-order valence-corrected chi connectivity index (χ2v) is 9.38. The summed E-state index contributed by atoms with van der Waals surface area (Å²) in [5.74, 6) is -0.722. The number of carbonyl (C=O) groups is 2. The van der Waals surface area contributed by atoms with Crippen LogP contribution in [0, 0.1) is 0 Å². The van der Waals surface area contributed by atoms with Gasteiger partial charge in [-0.05, 0) is 25.0 Å². The van der Waals surface area contributed by atoms with Crippen LogP contribution in [-0.4, -0.2) is 62.3 Å². The normalized spacial score (nSPS) is 14.7. The minimum atomic E-state index is -5.84. The fraction of sp³-hybridized carbons (Fsp3) is 0.500. The summed E-state index contributed by atoms with van der Waals surface area (Å²) in [6.45, 7) is -0.358. The lowest BCUT2D eigenvalue weighted by molar-refractivity contribution is -0.0543. The van der Waals surface area contributed by atoms with E-state index in [0.717, 1.165) is 4.90 Å². The van der Waals surface area contributed by atoms with Gasteiger partial charge in [0.05, 0.1) is 17.7 Å². The van der Waals surface area contributed by atoms with Crippen LogP contribution in [0.15, 0.2) is 24.3 Å². The molecule has 1 aliphatic rings. The Bertz CT molecular complexity index is 1030. The molecule has 2 rings (SSSR count). The Morgan fingerprint density at radius 2 is 1.21 bits per heavy atom. The smallest absolute Gasteiger partial charge is 0.279 e. The molecule has 1 aliphatic heterocycles. The first-order valence-corrected chi connectivity index (χ1v) is 11.7. The second-order valence-electron chi connectivity index (χ2n) is 6.36. The van der Waals surface area contributed by atoms with Crippen molar-refractivity contribution in [2.75, 3.05) is 13.2 Å². The molecular weight excluding hydrogens is 512 g/mol. The number of hydrogen-bond donors (Lipinski definition) is 1. The van der Waals surface area contributed by atoms with Gasteiger partial charge in [0.2, 0.25) is 0 Å². The molecule has 2 amide bonds. The number of rotatable bonds is 8. The average molecular weight is 529 g/mol. The number of unbranched alkanes of at least 4 members (excludes halogenated alkanes) is 3. The van der Waals surface area contributed by atoms with E-state index >= 15 is 0 Å². The lowest BCUT2D eigenvalue weighted by Gasteiger charge is -2.13. The summed E-state index contributed by atoms with van der Waals surface area (Å²) in [5, 5.41) is 0. The van der Waals surface area contributed by atoms with E-state index in [-0.39, 0.29) is 24.8 Å². The summed E-state index contributed by atoms with van der Waals surface area (Å²) < 4.78 is 119. The standard InChI is InChI=1S/C15H16F3NO5S.CHF3O3S/c16-15(17,18)25(22,23)24-10-6-2-1-5-9-19-13(20)11-7-3-4-8-12(11)14(19)21;2-1(3,4)8(5,6)7/h3-4,7-8H,1-2,5-6,9-10H2;(H,5,6,7). The third-order valence-corrected chi connectivity index (χ3v) is 5.60. The van der Waals surface area contributed by atoms with Gasteiger partial charge >= 0.3 is 31.3 Å². The van der Waals surface area contributed by atoms with E-state index in [9.17, 15) is 44.3 Å². The zero-order valence-electron chi connectivity index (χ0n) is 16.4. The highest BCUT2D eigenvalue weighted by Gasteiger charge is 2.47. The number of carbonyl (C=O) groups excluding carboxylic acids is 2. The number of hydrogen-bond acceptors (Lipinski definition) is 7. The molecule has 0 atom stereocenters. The SMILES string of the molecule is O=C1c2ccccc2C(=O)N1CCCCCCOS(=O)(=O)C(F)(F)F.O=S(=O)(O)C(F)(F)F. The molecule has 188 valence electrons. The molecule has 0 unspecified atom stereocenters. The molecule has 1 heterocycles. The van der Waals surface area contributed by atoms with E-state index in [0.29, 0.717) is 30.4 Å². The lowest BCUT2D eigenvalue weighted by Crippen LogP contribution is -2.30. The van der Waals surface area contributed by atoms with Gasteiger partial charge in [0.25, 0.3) is 11.8 Å². The zero-order valence-corrected chi connectivity index (χ0v) is 18.0. The molecule has 0 bridgehead atoms. The maximum atomic E-state index is 12.1. The molecule has 0 saturated carbocycles. The van der Waals surface area contributed by atoms with Gasteiger partial charge in [0.1, 0.15) is 0 Å². The third kappa shape index (κ3) is 7.94. The maximum Gasteiger partial charge on any atom is 0.523 e. The number of alkyl halides is 6. The predicted octanol–water partition coefficient (Wildman–Crippen LogP) is 3.10. The van der Waals surface area contributed by atoms with Crippen LogP contribution in [0.1, 0.15) is 46.4 Å². The Hall–Kier alpha value is -2.24. The highest BCUT2D eigenvalue weighted by Crippen LogP contribution is 2.25. The third-order valence-electron chi connectivity index (χ3n) is 3.97. The minimum absolute atomic E-state index is 0.122. The van der Waals surface area contributed by atoms with Crippen molar-refractivity contribution in [3.05, 3.63) is 35.4 Å². The van der Waals surface area contributed by atoms with Crippen LogP contribution >= 0.6 is 0 Å². The molecule has 1 aromatic carbocycles. The molecule has 9 nitrogen and oxygen atoms in total. The molecule has 1 N–H and O–H groups in total. The molecule has 0 spiro atoms. The van der Waals surface area contributed by atoms with Crippen molar-refractivity contribution in [3.63, 3.8) is 0 Å². The van der Waals surface area contributed by atoms with Crippen molar-refractivity contribution >= 4 is 32.1 Å². The molecule has 0 radical (unpaired) electrons. The Morgan fingerprint density at radius 1 is 0.788 bits per heavy atom. The number of amides is 2. The van der Waals surface area contributed by atoms with E-state index in [4.69, 9.17) is 13.0 Å². The van der Waals surface area contributed by atoms with Gasteiger partial charge in [-0.3, -0.25) is 23.2 Å². The first-order chi connectivity index (χ1) is 14.9. The fourth-order valence-corrected chi connectivity index (χ4v) is 2.87. The summed E-state index contributed by atoms with van der Waals surface area (Å²) in [6.07, 6.45) is 1.52. The van der Waals surface area contributed by atoms with Gasteiger partial charge in [-0.1, -0.05) is 25.0 Å². The quantitative estimate of drug-likeness (QED) is 0.136. The highest BCUT2D eigenvalue weighted by molar-refractivity contribution is 7.87. The number of halogens is 6. The van der Waals surface area contributed by atoms with E-state index in [1.54, 1.807) is 24.3 Å². The van der Waals surface area contributed by atoms with E-state index < -0.39 is 37.9 Å². The zero-order chi connectivity index (χ0) is 25.7. The first kappa shape index (κ1) is 28.8. The Labute approximate surface area is 184 Å². The van der Waals surface area contributed by atoms with Gasteiger partial charge in [-0.15, -0.1) is 0 Å². The minimum Gasteiger partial charge on any atom is -0.279 e. The Kier molecular flexibility index (Phi) is 9.42. The molecule has 17 heteroatoms. The predicted molar refractivity (Wildman–Crippen MR) is 98.8 cm³/mol. The van der Waals surface area contributed by atoms with Gasteiger partial charge in [-0.2, -0.15) is 43.2 Å². The van der Waals surface area contributed by atoms with Crippen molar-refractivity contribution < 1.29 is 61.5 Å². The lowest BCUT2D eigenvalue weighted by atomic mass is 10.1. The van der Waals surface area contributed by atoms with Crippen molar-refractivity contribution in [2.45, 2.75) is 36.7 Å². The summed E-state index contributed by atoms with van der Waals surface area (Å²) in [7, 11) is -11.4. The largest absolute Gasteiger partial charge is 0.523 e. The summed E-state index contributed by atoms with van der Waals surface area (Å²) in [6, 6.07) is 6.49. The van der Waals surface area contributed by atoms with Crippen molar-refractivity contribution in [2.24, 2.45) is 0 Å². The molecule has 0 fully saturated rings. The van der Waals surface area contributed by atoms with Gasteiger partial charge < -0.3 is 0 Å². The van der Waals surface area contributed by atoms with Crippen LogP contribution in [0.5, 0.6) is 0 Å². The monoisotopic (exact) mass is 529 g/mol. The van der Waals surface area contributed by atoms with Crippen LogP contribution in [0.3, 0.4) is 0 Å². The second kappa shape index (κ2) is 10.8. The summed E-state index contributed by atoms with van der Waals surface area (Å²) >= 11 is 0. The van der Waals surface area contributed by atoms with E-state index in [1.165, 1.54) is 0 Å². The van der Waals surface area contributed by atoms with Gasteiger partial charge in [0.15, 0.2) is 0 Å². The van der Waals surface area contributed by atoms with Crippen LogP contribution < -0.4 is 0 Å². The summed E-state index contributed by atoms with van der Waals surface area (Å²) in [4.78, 5) is 25.3. The topological polar surface area (TPSA) is 135 Å². The van der Waals surface area contributed by atoms with E-state index in [1.807, 2.05) is 0 Å². The van der Waals surface area contributed by atoms with Crippen LogP contribution in [0.4, 0.5) is 26.3 Å². The van der Waals surface area contributed by atoms with E-state index in [2.05, 4.69) is 4.18 Å².